The van der Waals surface area contributed by atoms with E-state index in [1.165, 1.54) is 0 Å². The predicted octanol–water partition coefficient (Wildman–Crippen LogP) is 4.29. The molecule has 0 saturated carbocycles. The van der Waals surface area contributed by atoms with Gasteiger partial charge in [0, 0.05) is 35.8 Å². The van der Waals surface area contributed by atoms with Crippen molar-refractivity contribution in [3.8, 4) is 11.4 Å². The summed E-state index contributed by atoms with van der Waals surface area (Å²) in [6.07, 6.45) is 1.81. The van der Waals surface area contributed by atoms with Crippen LogP contribution in [0.2, 0.25) is 5.02 Å². The zero-order valence-electron chi connectivity index (χ0n) is 15.8. The van der Waals surface area contributed by atoms with E-state index in [9.17, 15) is 4.79 Å². The molecule has 0 aliphatic carbocycles. The maximum absolute atomic E-state index is 12.8. The Balaban J connectivity index is 0.00000240. The molecule has 29 heavy (non-hydrogen) atoms. The first-order valence-electron chi connectivity index (χ1n) is 9.32. The third-order valence-corrected chi connectivity index (χ3v) is 5.29. The van der Waals surface area contributed by atoms with Crippen molar-refractivity contribution < 1.29 is 9.32 Å². The molecule has 1 fully saturated rings. The first-order chi connectivity index (χ1) is 13.6. The quantitative estimate of drug-likeness (QED) is 0.664. The summed E-state index contributed by atoms with van der Waals surface area (Å²) in [7, 11) is 0. The van der Waals surface area contributed by atoms with Crippen molar-refractivity contribution in [2.45, 2.75) is 25.3 Å². The summed E-state index contributed by atoms with van der Waals surface area (Å²) < 4.78 is 5.52. The molecule has 1 unspecified atom stereocenters. The fraction of sp³-hybridized carbons (Fsp3) is 0.286. The van der Waals surface area contributed by atoms with Gasteiger partial charge in [0.2, 0.25) is 11.7 Å². The summed E-state index contributed by atoms with van der Waals surface area (Å²) in [4.78, 5) is 19.2. The van der Waals surface area contributed by atoms with Crippen LogP contribution in [0.3, 0.4) is 0 Å². The number of rotatable bonds is 4. The number of carbonyl (C=O) groups excluding carboxylic acids is 1. The highest BCUT2D eigenvalue weighted by molar-refractivity contribution is 6.30. The fourth-order valence-electron chi connectivity index (χ4n) is 3.45. The molecule has 1 aliphatic heterocycles. The highest BCUT2D eigenvalue weighted by Gasteiger charge is 2.29. The van der Waals surface area contributed by atoms with Gasteiger partial charge in [-0.3, -0.25) is 4.79 Å². The van der Waals surface area contributed by atoms with Crippen LogP contribution in [0.25, 0.3) is 11.4 Å². The topological polar surface area (TPSA) is 85.2 Å². The minimum atomic E-state index is -0.00141. The Bertz CT molecular complexity index is 958. The number of aromatic nitrogens is 2. The second-order valence-electron chi connectivity index (χ2n) is 6.95. The van der Waals surface area contributed by atoms with E-state index >= 15 is 0 Å². The van der Waals surface area contributed by atoms with E-state index in [-0.39, 0.29) is 24.2 Å². The molecule has 4 rings (SSSR count). The number of likely N-dealkylation sites (tertiary alicyclic amines) is 1. The van der Waals surface area contributed by atoms with Gasteiger partial charge in [0.25, 0.3) is 5.91 Å². The zero-order valence-corrected chi connectivity index (χ0v) is 17.3. The maximum atomic E-state index is 12.8. The van der Waals surface area contributed by atoms with E-state index in [0.29, 0.717) is 35.4 Å². The van der Waals surface area contributed by atoms with Crippen molar-refractivity contribution in [1.29, 1.82) is 0 Å². The zero-order chi connectivity index (χ0) is 19.5. The van der Waals surface area contributed by atoms with Crippen LogP contribution < -0.4 is 5.73 Å². The number of carbonyl (C=O) groups is 1. The van der Waals surface area contributed by atoms with E-state index < -0.39 is 0 Å². The molecule has 1 atom stereocenters. The Labute approximate surface area is 180 Å². The van der Waals surface area contributed by atoms with Gasteiger partial charge < -0.3 is 15.2 Å². The number of nitrogens with two attached hydrogens (primary N) is 1. The van der Waals surface area contributed by atoms with Gasteiger partial charge >= 0.3 is 0 Å². The summed E-state index contributed by atoms with van der Waals surface area (Å²) in [5.41, 5.74) is 8.21. The molecule has 2 heterocycles. The summed E-state index contributed by atoms with van der Waals surface area (Å²) in [5, 5.41) is 4.74. The van der Waals surface area contributed by atoms with Crippen LogP contribution in [-0.4, -0.2) is 34.0 Å². The average molecular weight is 433 g/mol. The third kappa shape index (κ3) is 4.78. The number of halogens is 2. The monoisotopic (exact) mass is 432 g/mol. The van der Waals surface area contributed by atoms with Crippen LogP contribution in [0, 0.1) is 0 Å². The lowest BCUT2D eigenvalue weighted by molar-refractivity contribution is 0.0695. The summed E-state index contributed by atoms with van der Waals surface area (Å²) in [6, 6.07) is 14.8. The summed E-state index contributed by atoms with van der Waals surface area (Å²) >= 11 is 5.92. The molecule has 8 heteroatoms. The standard InChI is InChI=1S/C21H21ClN4O2.ClH/c22-18-9-7-16(8-10-18)21(27)26-11-1-2-17(13-26)20-24-19(25-28-20)15-5-3-14(12-23)4-6-15;/h3-10,17H,1-2,11-13,23H2;1H. The van der Waals surface area contributed by atoms with E-state index in [1.54, 1.807) is 24.3 Å². The molecule has 1 amide bonds. The normalized spacial score (nSPS) is 16.3. The van der Waals surface area contributed by atoms with Crippen molar-refractivity contribution in [2.75, 3.05) is 13.1 Å². The van der Waals surface area contributed by atoms with Crippen LogP contribution in [0.5, 0.6) is 0 Å². The molecule has 0 bridgehead atoms. The van der Waals surface area contributed by atoms with Crippen molar-refractivity contribution in [3.05, 3.63) is 70.6 Å². The van der Waals surface area contributed by atoms with Crippen molar-refractivity contribution in [3.63, 3.8) is 0 Å². The van der Waals surface area contributed by atoms with E-state index in [0.717, 1.165) is 30.5 Å². The Kier molecular flexibility index (Phi) is 6.90. The maximum Gasteiger partial charge on any atom is 0.253 e. The first kappa shape index (κ1) is 21.3. The second kappa shape index (κ2) is 9.39. The minimum Gasteiger partial charge on any atom is -0.339 e. The van der Waals surface area contributed by atoms with Crippen LogP contribution in [0.15, 0.2) is 53.1 Å². The lowest BCUT2D eigenvalue weighted by Gasteiger charge is -2.31. The fourth-order valence-corrected chi connectivity index (χ4v) is 3.57. The van der Waals surface area contributed by atoms with Gasteiger partial charge in [-0.2, -0.15) is 4.98 Å². The highest BCUT2D eigenvalue weighted by Crippen LogP contribution is 2.28. The van der Waals surface area contributed by atoms with Gasteiger partial charge in [-0.05, 0) is 42.7 Å². The van der Waals surface area contributed by atoms with E-state index in [4.69, 9.17) is 21.9 Å². The lowest BCUT2D eigenvalue weighted by atomic mass is 9.97. The number of benzene rings is 2. The van der Waals surface area contributed by atoms with E-state index in [2.05, 4.69) is 10.1 Å². The van der Waals surface area contributed by atoms with Gasteiger partial charge in [-0.25, -0.2) is 0 Å². The molecule has 2 aromatic carbocycles. The highest BCUT2D eigenvalue weighted by atomic mass is 35.5. The number of nitrogens with zero attached hydrogens (tertiary/aromatic N) is 3. The average Bonchev–Trinajstić information content (AvgIpc) is 3.24. The molecular weight excluding hydrogens is 411 g/mol. The van der Waals surface area contributed by atoms with E-state index in [1.807, 2.05) is 29.2 Å². The molecule has 1 aromatic heterocycles. The molecule has 6 nitrogen and oxygen atoms in total. The minimum absolute atomic E-state index is 0. The van der Waals surface area contributed by atoms with Gasteiger partial charge in [0.15, 0.2) is 0 Å². The van der Waals surface area contributed by atoms with Crippen LogP contribution in [0.4, 0.5) is 0 Å². The third-order valence-electron chi connectivity index (χ3n) is 5.04. The van der Waals surface area contributed by atoms with Crippen LogP contribution in [0.1, 0.15) is 40.6 Å². The van der Waals surface area contributed by atoms with Crippen LogP contribution in [-0.2, 0) is 6.54 Å². The molecule has 152 valence electrons. The Hall–Kier alpha value is -2.41. The van der Waals surface area contributed by atoms with Gasteiger partial charge in [-0.15, -0.1) is 12.4 Å². The molecule has 0 spiro atoms. The van der Waals surface area contributed by atoms with Crippen molar-refractivity contribution >= 4 is 29.9 Å². The summed E-state index contributed by atoms with van der Waals surface area (Å²) in [5.74, 6) is 1.17. The Morgan fingerprint density at radius 1 is 1.17 bits per heavy atom. The van der Waals surface area contributed by atoms with Crippen LogP contribution >= 0.6 is 24.0 Å². The molecule has 3 aromatic rings. The Morgan fingerprint density at radius 2 is 1.90 bits per heavy atom. The first-order valence-corrected chi connectivity index (χ1v) is 9.69. The SMILES string of the molecule is Cl.NCc1ccc(-c2noc(C3CCCN(C(=O)c4ccc(Cl)cc4)C3)n2)cc1. The molecule has 1 saturated heterocycles. The number of piperidine rings is 1. The second-order valence-corrected chi connectivity index (χ2v) is 7.39. The number of amides is 1. The molecular formula is C21H22Cl2N4O2. The Morgan fingerprint density at radius 3 is 2.59 bits per heavy atom. The molecule has 0 radical (unpaired) electrons. The van der Waals surface area contributed by atoms with Gasteiger partial charge in [-0.1, -0.05) is 41.0 Å². The van der Waals surface area contributed by atoms with Gasteiger partial charge in [0.05, 0.1) is 5.92 Å². The number of hydrogen-bond donors (Lipinski definition) is 1. The summed E-state index contributed by atoms with van der Waals surface area (Å²) in [6.45, 7) is 1.78. The van der Waals surface area contributed by atoms with Crippen molar-refractivity contribution in [2.24, 2.45) is 5.73 Å². The predicted molar refractivity (Wildman–Crippen MR) is 114 cm³/mol. The largest absolute Gasteiger partial charge is 0.339 e. The van der Waals surface area contributed by atoms with Gasteiger partial charge in [0.1, 0.15) is 0 Å². The molecule has 1 aliphatic rings. The number of hydrogen-bond acceptors (Lipinski definition) is 5. The smallest absolute Gasteiger partial charge is 0.253 e. The molecule has 2 N–H and O–H groups in total. The van der Waals surface area contributed by atoms with Crippen molar-refractivity contribution in [1.82, 2.24) is 15.0 Å². The lowest BCUT2D eigenvalue weighted by Crippen LogP contribution is -2.39.